The number of carboxylic acid groups (broad SMARTS) is 1. The molecule has 0 fully saturated rings. The second kappa shape index (κ2) is 6.96. The van der Waals surface area contributed by atoms with Crippen molar-refractivity contribution in [3.8, 4) is 0 Å². The van der Waals surface area contributed by atoms with Gasteiger partial charge in [-0.15, -0.1) is 0 Å². The van der Waals surface area contributed by atoms with Gasteiger partial charge in [0.25, 0.3) is 0 Å². The summed E-state index contributed by atoms with van der Waals surface area (Å²) >= 11 is 0. The zero-order chi connectivity index (χ0) is 15.2. The fourth-order valence-electron chi connectivity index (χ4n) is 1.45. The maximum Gasteiger partial charge on any atom is 0.329 e. The Hall–Kier alpha value is -1.79. The van der Waals surface area contributed by atoms with Gasteiger partial charge in [0.15, 0.2) is 0 Å². The predicted octanol–water partition coefficient (Wildman–Crippen LogP) is 0.263. The summed E-state index contributed by atoms with van der Waals surface area (Å²) in [6, 6.07) is -0.512. The quantitative estimate of drug-likeness (QED) is 0.646. The van der Waals surface area contributed by atoms with E-state index in [-0.39, 0.29) is 24.8 Å². The Morgan fingerprint density at radius 3 is 2.26 bits per heavy atom. The number of amides is 3. The number of nitrogens with one attached hydrogen (secondary N) is 2. The largest absolute Gasteiger partial charge is 0.480 e. The standard InChI is InChI=1S/C12H23N3O4/c1-6-12(3,10(17)18)14-11(19)15(5)7-8(2)9(16)13-4/h8H,6-7H2,1-5H3,(H,13,16)(H,14,19)(H,17,18). The number of carbonyl (C=O) groups excluding carboxylic acids is 2. The van der Waals surface area contributed by atoms with Crippen molar-refractivity contribution in [1.29, 1.82) is 0 Å². The highest BCUT2D eigenvalue weighted by Crippen LogP contribution is 2.10. The van der Waals surface area contributed by atoms with Gasteiger partial charge in [0.2, 0.25) is 5.91 Å². The van der Waals surface area contributed by atoms with Crippen LogP contribution in [0.15, 0.2) is 0 Å². The Balaban J connectivity index is 4.58. The SMILES string of the molecule is CCC(C)(NC(=O)N(C)CC(C)C(=O)NC)C(=O)O. The first-order valence-corrected chi connectivity index (χ1v) is 6.16. The van der Waals surface area contributed by atoms with Gasteiger partial charge in [0.1, 0.15) is 5.54 Å². The van der Waals surface area contributed by atoms with Crippen LogP contribution in [0.25, 0.3) is 0 Å². The van der Waals surface area contributed by atoms with Crippen molar-refractivity contribution in [2.45, 2.75) is 32.7 Å². The molecule has 0 radical (unpaired) electrons. The van der Waals surface area contributed by atoms with Crippen molar-refractivity contribution in [2.75, 3.05) is 20.6 Å². The van der Waals surface area contributed by atoms with Crippen molar-refractivity contribution in [3.05, 3.63) is 0 Å². The summed E-state index contributed by atoms with van der Waals surface area (Å²) in [6.45, 7) is 5.04. The molecule has 3 amide bonds. The Kier molecular flexibility index (Phi) is 6.31. The van der Waals surface area contributed by atoms with Gasteiger partial charge < -0.3 is 20.6 Å². The fraction of sp³-hybridized carbons (Fsp3) is 0.750. The summed E-state index contributed by atoms with van der Waals surface area (Å²) in [4.78, 5) is 35.6. The van der Waals surface area contributed by atoms with E-state index in [1.165, 1.54) is 25.9 Å². The highest BCUT2D eigenvalue weighted by molar-refractivity contribution is 5.86. The molecule has 0 saturated heterocycles. The second-order valence-electron chi connectivity index (χ2n) is 4.82. The lowest BCUT2D eigenvalue weighted by molar-refractivity contribution is -0.144. The number of carbonyl (C=O) groups is 3. The van der Waals surface area contributed by atoms with Crippen molar-refractivity contribution < 1.29 is 19.5 Å². The number of aliphatic carboxylic acids is 1. The Morgan fingerprint density at radius 2 is 1.89 bits per heavy atom. The molecule has 0 bridgehead atoms. The molecule has 2 unspecified atom stereocenters. The summed E-state index contributed by atoms with van der Waals surface area (Å²) in [5.74, 6) is -1.62. The van der Waals surface area contributed by atoms with Gasteiger partial charge in [0, 0.05) is 20.6 Å². The summed E-state index contributed by atoms with van der Waals surface area (Å²) in [5, 5.41) is 14.0. The van der Waals surface area contributed by atoms with Crippen LogP contribution in [-0.2, 0) is 9.59 Å². The Bertz CT molecular complexity index is 359. The van der Waals surface area contributed by atoms with E-state index in [2.05, 4.69) is 10.6 Å². The van der Waals surface area contributed by atoms with Crippen molar-refractivity contribution in [3.63, 3.8) is 0 Å². The van der Waals surface area contributed by atoms with E-state index in [4.69, 9.17) is 5.11 Å². The number of hydrogen-bond donors (Lipinski definition) is 3. The third kappa shape index (κ3) is 4.76. The summed E-state index contributed by atoms with van der Waals surface area (Å²) in [5.41, 5.74) is -1.30. The summed E-state index contributed by atoms with van der Waals surface area (Å²) in [7, 11) is 3.05. The molecule has 2 atom stereocenters. The lowest BCUT2D eigenvalue weighted by atomic mass is 10.00. The highest BCUT2D eigenvalue weighted by Gasteiger charge is 2.34. The minimum atomic E-state index is -1.30. The summed E-state index contributed by atoms with van der Waals surface area (Å²) < 4.78 is 0. The smallest absolute Gasteiger partial charge is 0.329 e. The predicted molar refractivity (Wildman–Crippen MR) is 70.7 cm³/mol. The van der Waals surface area contributed by atoms with Gasteiger partial charge in [-0.25, -0.2) is 9.59 Å². The van der Waals surface area contributed by atoms with Crippen LogP contribution in [0.5, 0.6) is 0 Å². The summed E-state index contributed by atoms with van der Waals surface area (Å²) in [6.07, 6.45) is 0.271. The van der Waals surface area contributed by atoms with Gasteiger partial charge in [-0.1, -0.05) is 13.8 Å². The van der Waals surface area contributed by atoms with Crippen LogP contribution in [0, 0.1) is 5.92 Å². The normalized spacial score (nSPS) is 15.0. The molecular formula is C12H23N3O4. The van der Waals surface area contributed by atoms with Crippen LogP contribution in [0.4, 0.5) is 4.79 Å². The molecule has 0 aromatic rings. The molecule has 0 saturated carbocycles. The number of carboxylic acids is 1. The van der Waals surface area contributed by atoms with Gasteiger partial charge >= 0.3 is 12.0 Å². The van der Waals surface area contributed by atoms with E-state index in [1.54, 1.807) is 13.8 Å². The molecule has 7 nitrogen and oxygen atoms in total. The minimum Gasteiger partial charge on any atom is -0.480 e. The third-order valence-corrected chi connectivity index (χ3v) is 3.15. The molecule has 0 aliphatic heterocycles. The molecule has 0 aromatic heterocycles. The van der Waals surface area contributed by atoms with E-state index in [1.807, 2.05) is 0 Å². The molecule has 110 valence electrons. The molecule has 0 aliphatic rings. The molecular weight excluding hydrogens is 250 g/mol. The topological polar surface area (TPSA) is 98.7 Å². The molecule has 0 spiro atoms. The van der Waals surface area contributed by atoms with Gasteiger partial charge in [0.05, 0.1) is 5.92 Å². The van der Waals surface area contributed by atoms with E-state index < -0.39 is 17.5 Å². The first-order valence-electron chi connectivity index (χ1n) is 6.16. The second-order valence-corrected chi connectivity index (χ2v) is 4.82. The number of hydrogen-bond acceptors (Lipinski definition) is 3. The first kappa shape index (κ1) is 17.2. The van der Waals surface area contributed by atoms with Crippen LogP contribution >= 0.6 is 0 Å². The zero-order valence-corrected chi connectivity index (χ0v) is 12.1. The van der Waals surface area contributed by atoms with Gasteiger partial charge in [-0.3, -0.25) is 4.79 Å². The highest BCUT2D eigenvalue weighted by atomic mass is 16.4. The van der Waals surface area contributed by atoms with E-state index in [0.29, 0.717) is 0 Å². The molecule has 0 heterocycles. The van der Waals surface area contributed by atoms with Crippen molar-refractivity contribution >= 4 is 17.9 Å². The van der Waals surface area contributed by atoms with Crippen molar-refractivity contribution in [1.82, 2.24) is 15.5 Å². The minimum absolute atomic E-state index is 0.170. The molecule has 0 aliphatic carbocycles. The lowest BCUT2D eigenvalue weighted by Crippen LogP contribution is -2.55. The average molecular weight is 273 g/mol. The number of nitrogens with zero attached hydrogens (tertiary/aromatic N) is 1. The average Bonchev–Trinajstić information content (AvgIpc) is 2.36. The van der Waals surface area contributed by atoms with E-state index in [9.17, 15) is 14.4 Å². The van der Waals surface area contributed by atoms with Crippen LogP contribution in [0.2, 0.25) is 0 Å². The number of urea groups is 1. The monoisotopic (exact) mass is 273 g/mol. The van der Waals surface area contributed by atoms with Gasteiger partial charge in [-0.2, -0.15) is 0 Å². The fourth-order valence-corrected chi connectivity index (χ4v) is 1.45. The first-order chi connectivity index (χ1) is 8.67. The van der Waals surface area contributed by atoms with E-state index >= 15 is 0 Å². The number of rotatable bonds is 6. The molecule has 0 rings (SSSR count). The molecule has 3 N–H and O–H groups in total. The molecule has 0 aromatic carbocycles. The lowest BCUT2D eigenvalue weighted by Gasteiger charge is -2.29. The molecule has 7 heteroatoms. The third-order valence-electron chi connectivity index (χ3n) is 3.15. The zero-order valence-electron chi connectivity index (χ0n) is 12.1. The van der Waals surface area contributed by atoms with Crippen LogP contribution < -0.4 is 10.6 Å². The maximum atomic E-state index is 11.9. The van der Waals surface area contributed by atoms with Crippen molar-refractivity contribution in [2.24, 2.45) is 5.92 Å². The van der Waals surface area contributed by atoms with Crippen LogP contribution in [0.3, 0.4) is 0 Å². The Labute approximate surface area is 113 Å². The Morgan fingerprint density at radius 1 is 1.37 bits per heavy atom. The van der Waals surface area contributed by atoms with Crippen LogP contribution in [-0.4, -0.2) is 54.1 Å². The van der Waals surface area contributed by atoms with E-state index in [0.717, 1.165) is 0 Å². The molecule has 19 heavy (non-hydrogen) atoms. The van der Waals surface area contributed by atoms with Gasteiger partial charge in [-0.05, 0) is 13.3 Å². The maximum absolute atomic E-state index is 11.9. The van der Waals surface area contributed by atoms with Crippen LogP contribution in [0.1, 0.15) is 27.2 Å².